The number of aliphatic hydroxyl groups is 1. The molecule has 0 aliphatic rings. The average Bonchev–Trinajstić information content (AvgIpc) is 2.69. The zero-order valence-electron chi connectivity index (χ0n) is 18.6. The van der Waals surface area contributed by atoms with Crippen LogP contribution < -0.4 is 10.6 Å². The van der Waals surface area contributed by atoms with Crippen molar-refractivity contribution in [3.05, 3.63) is 71.3 Å². The number of halogens is 3. The van der Waals surface area contributed by atoms with Gasteiger partial charge in [-0.2, -0.15) is 13.2 Å². The van der Waals surface area contributed by atoms with Gasteiger partial charge in [0.15, 0.2) is 0 Å². The molecule has 0 radical (unpaired) electrons. The number of nitrogens with one attached hydrogen (secondary N) is 2. The lowest BCUT2D eigenvalue weighted by Crippen LogP contribution is -2.50. The molecule has 0 bridgehead atoms. The fourth-order valence-electron chi connectivity index (χ4n) is 3.14. The molecule has 0 saturated heterocycles. The molecule has 2 rings (SSSR count). The molecule has 0 aliphatic heterocycles. The highest BCUT2D eigenvalue weighted by molar-refractivity contribution is 5.68. The summed E-state index contributed by atoms with van der Waals surface area (Å²) < 4.78 is 43.8. The van der Waals surface area contributed by atoms with Crippen LogP contribution in [0.2, 0.25) is 0 Å². The van der Waals surface area contributed by atoms with Gasteiger partial charge in [-0.3, -0.25) is 0 Å². The smallest absolute Gasteiger partial charge is 0.416 e. The van der Waals surface area contributed by atoms with Gasteiger partial charge < -0.3 is 20.5 Å². The predicted octanol–water partition coefficient (Wildman–Crippen LogP) is 4.33. The number of alkyl halides is 3. The minimum absolute atomic E-state index is 0.159. The zero-order chi connectivity index (χ0) is 23.8. The third kappa shape index (κ3) is 9.28. The van der Waals surface area contributed by atoms with Crippen LogP contribution in [0.15, 0.2) is 54.6 Å². The maximum atomic E-state index is 12.8. The van der Waals surface area contributed by atoms with E-state index in [1.54, 1.807) is 26.8 Å². The topological polar surface area (TPSA) is 70.6 Å². The third-order valence-corrected chi connectivity index (χ3v) is 4.66. The second-order valence-electron chi connectivity index (χ2n) is 8.66. The Labute approximate surface area is 187 Å². The summed E-state index contributed by atoms with van der Waals surface area (Å²) in [4.78, 5) is 12.2. The molecule has 0 saturated carbocycles. The van der Waals surface area contributed by atoms with E-state index in [0.29, 0.717) is 24.9 Å². The van der Waals surface area contributed by atoms with Crippen LogP contribution in [0.1, 0.15) is 37.5 Å². The van der Waals surface area contributed by atoms with Crippen LogP contribution in [-0.2, 0) is 23.8 Å². The van der Waals surface area contributed by atoms with Crippen molar-refractivity contribution in [2.24, 2.45) is 0 Å². The van der Waals surface area contributed by atoms with Gasteiger partial charge >= 0.3 is 12.3 Å². The van der Waals surface area contributed by atoms with Gasteiger partial charge in [-0.05, 0) is 57.4 Å². The standard InChI is InChI=1S/C24H31F3N2O3/c1-23(2,3)32-22(31)29-20(15-17-8-5-4-6-9-17)21(30)16-28-13-12-18-10-7-11-19(14-18)24(25,26)27/h4-11,14,20-21,28,30H,12-13,15-16H2,1-3H3,(H,29,31)/t20-,21-/m0/s1. The number of ether oxygens (including phenoxy) is 1. The summed E-state index contributed by atoms with van der Waals surface area (Å²) in [6.07, 6.45) is -5.15. The number of aliphatic hydroxyl groups excluding tert-OH is 1. The van der Waals surface area contributed by atoms with Gasteiger partial charge in [-0.1, -0.05) is 48.5 Å². The molecule has 176 valence electrons. The van der Waals surface area contributed by atoms with Crippen LogP contribution >= 0.6 is 0 Å². The van der Waals surface area contributed by atoms with Crippen LogP contribution in [0, 0.1) is 0 Å². The molecule has 2 aromatic rings. The van der Waals surface area contributed by atoms with E-state index in [1.807, 2.05) is 30.3 Å². The minimum Gasteiger partial charge on any atom is -0.444 e. The van der Waals surface area contributed by atoms with Crippen molar-refractivity contribution in [2.45, 2.75) is 57.5 Å². The highest BCUT2D eigenvalue weighted by Gasteiger charge is 2.30. The van der Waals surface area contributed by atoms with Crippen LogP contribution in [-0.4, -0.2) is 42.0 Å². The summed E-state index contributed by atoms with van der Waals surface area (Å²) in [6, 6.07) is 14.0. The molecular formula is C24H31F3N2O3. The van der Waals surface area contributed by atoms with Gasteiger partial charge in [0.05, 0.1) is 17.7 Å². The van der Waals surface area contributed by atoms with E-state index in [1.165, 1.54) is 6.07 Å². The number of alkyl carbamates (subject to hydrolysis) is 1. The molecule has 8 heteroatoms. The molecule has 5 nitrogen and oxygen atoms in total. The molecule has 0 fully saturated rings. The van der Waals surface area contributed by atoms with E-state index in [2.05, 4.69) is 10.6 Å². The zero-order valence-corrected chi connectivity index (χ0v) is 18.6. The van der Waals surface area contributed by atoms with Crippen LogP contribution in [0.25, 0.3) is 0 Å². The fraction of sp³-hybridized carbons (Fsp3) is 0.458. The quantitative estimate of drug-likeness (QED) is 0.495. The molecule has 0 unspecified atom stereocenters. The molecular weight excluding hydrogens is 421 g/mol. The highest BCUT2D eigenvalue weighted by atomic mass is 19.4. The predicted molar refractivity (Wildman–Crippen MR) is 117 cm³/mol. The molecule has 2 aromatic carbocycles. The number of hydrogen-bond acceptors (Lipinski definition) is 4. The lowest BCUT2D eigenvalue weighted by atomic mass is 10.0. The van der Waals surface area contributed by atoms with Gasteiger partial charge in [0.25, 0.3) is 0 Å². The maximum Gasteiger partial charge on any atom is 0.416 e. The van der Waals surface area contributed by atoms with E-state index in [0.717, 1.165) is 17.7 Å². The Hall–Kier alpha value is -2.58. The molecule has 2 atom stereocenters. The van der Waals surface area contributed by atoms with Crippen molar-refractivity contribution in [3.63, 3.8) is 0 Å². The van der Waals surface area contributed by atoms with Crippen molar-refractivity contribution in [1.29, 1.82) is 0 Å². The lowest BCUT2D eigenvalue weighted by molar-refractivity contribution is -0.137. The van der Waals surface area contributed by atoms with Gasteiger partial charge in [0, 0.05) is 6.54 Å². The van der Waals surface area contributed by atoms with Gasteiger partial charge in [0.1, 0.15) is 5.60 Å². The Bertz CT molecular complexity index is 852. The molecule has 0 heterocycles. The second kappa shape index (κ2) is 11.3. The average molecular weight is 453 g/mol. The summed E-state index contributed by atoms with van der Waals surface area (Å²) in [5, 5.41) is 16.5. The number of hydrogen-bond donors (Lipinski definition) is 3. The third-order valence-electron chi connectivity index (χ3n) is 4.66. The summed E-state index contributed by atoms with van der Waals surface area (Å²) in [5.74, 6) is 0. The first-order valence-corrected chi connectivity index (χ1v) is 10.5. The van der Waals surface area contributed by atoms with Gasteiger partial charge in [-0.15, -0.1) is 0 Å². The largest absolute Gasteiger partial charge is 0.444 e. The summed E-state index contributed by atoms with van der Waals surface area (Å²) in [5.41, 5.74) is 0.140. The number of carbonyl (C=O) groups excluding carboxylic acids is 1. The molecule has 0 spiro atoms. The Morgan fingerprint density at radius 1 is 1.03 bits per heavy atom. The van der Waals surface area contributed by atoms with Gasteiger partial charge in [-0.25, -0.2) is 4.79 Å². The van der Waals surface area contributed by atoms with Crippen LogP contribution in [0.4, 0.5) is 18.0 Å². The Balaban J connectivity index is 1.92. The molecule has 0 aliphatic carbocycles. The minimum atomic E-state index is -4.38. The molecule has 32 heavy (non-hydrogen) atoms. The first-order chi connectivity index (χ1) is 14.9. The first kappa shape index (κ1) is 25.7. The highest BCUT2D eigenvalue weighted by Crippen LogP contribution is 2.29. The van der Waals surface area contributed by atoms with Crippen molar-refractivity contribution in [1.82, 2.24) is 10.6 Å². The summed E-state index contributed by atoms with van der Waals surface area (Å²) in [7, 11) is 0. The lowest BCUT2D eigenvalue weighted by Gasteiger charge is -2.27. The molecule has 0 aromatic heterocycles. The van der Waals surface area contributed by atoms with Crippen LogP contribution in [0.5, 0.6) is 0 Å². The number of amides is 1. The van der Waals surface area contributed by atoms with E-state index in [-0.39, 0.29) is 6.54 Å². The SMILES string of the molecule is CC(C)(C)OC(=O)N[C@@H](Cc1ccccc1)[C@@H](O)CNCCc1cccc(C(F)(F)F)c1. The maximum absolute atomic E-state index is 12.8. The number of carbonyl (C=O) groups is 1. The van der Waals surface area contributed by atoms with E-state index >= 15 is 0 Å². The van der Waals surface area contributed by atoms with E-state index < -0.39 is 35.6 Å². The second-order valence-corrected chi connectivity index (χ2v) is 8.66. The van der Waals surface area contributed by atoms with Crippen molar-refractivity contribution < 1.29 is 27.8 Å². The molecule has 1 amide bonds. The Kier molecular flexibility index (Phi) is 9.09. The monoisotopic (exact) mass is 452 g/mol. The number of benzene rings is 2. The first-order valence-electron chi connectivity index (χ1n) is 10.5. The number of rotatable bonds is 9. The van der Waals surface area contributed by atoms with E-state index in [4.69, 9.17) is 4.74 Å². The van der Waals surface area contributed by atoms with Crippen molar-refractivity contribution in [2.75, 3.05) is 13.1 Å². The molecule has 3 N–H and O–H groups in total. The summed E-state index contributed by atoms with van der Waals surface area (Å²) in [6.45, 7) is 5.80. The van der Waals surface area contributed by atoms with Crippen molar-refractivity contribution >= 4 is 6.09 Å². The van der Waals surface area contributed by atoms with Crippen LogP contribution in [0.3, 0.4) is 0 Å². The normalized spacial score (nSPS) is 14.0. The van der Waals surface area contributed by atoms with Gasteiger partial charge in [0.2, 0.25) is 0 Å². The van der Waals surface area contributed by atoms with Crippen molar-refractivity contribution in [3.8, 4) is 0 Å². The summed E-state index contributed by atoms with van der Waals surface area (Å²) >= 11 is 0. The fourth-order valence-corrected chi connectivity index (χ4v) is 3.14. The Morgan fingerprint density at radius 2 is 1.69 bits per heavy atom. The Morgan fingerprint density at radius 3 is 2.31 bits per heavy atom. The van der Waals surface area contributed by atoms with E-state index in [9.17, 15) is 23.1 Å².